The molecule has 6 N–H and O–H groups in total. The van der Waals surface area contributed by atoms with Gasteiger partial charge in [0, 0.05) is 6.42 Å². The van der Waals surface area contributed by atoms with E-state index in [-0.39, 0.29) is 40.9 Å². The van der Waals surface area contributed by atoms with Crippen LogP contribution in [0.15, 0.2) is 0 Å². The number of aliphatic hydroxyl groups excluding tert-OH is 4. The lowest BCUT2D eigenvalue weighted by atomic mass is 9.43. The van der Waals surface area contributed by atoms with Crippen LogP contribution in [0.25, 0.3) is 0 Å². The molecule has 12 atom stereocenters. The van der Waals surface area contributed by atoms with E-state index in [2.05, 4.69) is 26.1 Å². The first-order chi connectivity index (χ1) is 16.4. The zero-order chi connectivity index (χ0) is 25.7. The number of nitrogens with one attached hydrogen (secondary N) is 1. The fraction of sp³-hybridized carbons (Fsp3) is 0.926. The van der Waals surface area contributed by atoms with Crippen molar-refractivity contribution < 1.29 is 35.1 Å². The van der Waals surface area contributed by atoms with Gasteiger partial charge in [0.2, 0.25) is 5.91 Å². The monoisotopic (exact) mass is 495 g/mol. The van der Waals surface area contributed by atoms with Gasteiger partial charge in [0.15, 0.2) is 0 Å². The number of hydrogen-bond acceptors (Lipinski definition) is 6. The lowest BCUT2D eigenvalue weighted by molar-refractivity contribution is -0.223. The third-order valence-electron chi connectivity index (χ3n) is 11.1. The number of carbonyl (C=O) groups is 2. The summed E-state index contributed by atoms with van der Waals surface area (Å²) in [5, 5.41) is 53.4. The molecule has 4 fully saturated rings. The van der Waals surface area contributed by atoms with Crippen molar-refractivity contribution in [2.75, 3.05) is 6.61 Å². The average molecular weight is 496 g/mol. The first kappa shape index (κ1) is 26.8. The molecule has 35 heavy (non-hydrogen) atoms. The van der Waals surface area contributed by atoms with Crippen molar-refractivity contribution in [1.29, 1.82) is 0 Å². The number of hydrogen-bond donors (Lipinski definition) is 6. The van der Waals surface area contributed by atoms with Gasteiger partial charge < -0.3 is 30.8 Å². The molecule has 8 nitrogen and oxygen atoms in total. The van der Waals surface area contributed by atoms with Gasteiger partial charge in [-0.1, -0.05) is 20.8 Å². The number of carbonyl (C=O) groups excluding carboxylic acids is 1. The van der Waals surface area contributed by atoms with Crippen molar-refractivity contribution in [3.63, 3.8) is 0 Å². The molecule has 0 aromatic rings. The second-order valence-electron chi connectivity index (χ2n) is 12.7. The lowest BCUT2D eigenvalue weighted by Crippen LogP contribution is -2.64. The van der Waals surface area contributed by atoms with E-state index in [0.29, 0.717) is 30.6 Å². The Morgan fingerprint density at radius 3 is 2.26 bits per heavy atom. The van der Waals surface area contributed by atoms with E-state index in [4.69, 9.17) is 10.2 Å². The number of carboxylic acids is 1. The molecular weight excluding hydrogens is 450 g/mol. The Bertz CT molecular complexity index is 806. The summed E-state index contributed by atoms with van der Waals surface area (Å²) in [4.78, 5) is 23.4. The SMILES string of the molecule is C[C@H](CCC(=O)NC(CO)C(=O)O)[C@H]1CC[C@H]2[C@@H]3[C@@H](O)[C@@H](O)[C@@H]4C[C@H](O)CC[C@]4(C)[C@H]3CC[C@]12C. The highest BCUT2D eigenvalue weighted by molar-refractivity contribution is 5.83. The molecule has 1 unspecified atom stereocenters. The fourth-order valence-corrected chi connectivity index (χ4v) is 9.23. The van der Waals surface area contributed by atoms with Crippen LogP contribution in [0.5, 0.6) is 0 Å². The van der Waals surface area contributed by atoms with Gasteiger partial charge in [-0.05, 0) is 97.7 Å². The molecule has 0 radical (unpaired) electrons. The van der Waals surface area contributed by atoms with Gasteiger partial charge in [-0.3, -0.25) is 4.79 Å². The van der Waals surface area contributed by atoms with Gasteiger partial charge in [-0.2, -0.15) is 0 Å². The summed E-state index contributed by atoms with van der Waals surface area (Å²) < 4.78 is 0. The van der Waals surface area contributed by atoms with Gasteiger partial charge in [0.1, 0.15) is 6.04 Å². The molecule has 8 heteroatoms. The van der Waals surface area contributed by atoms with Crippen LogP contribution in [0.2, 0.25) is 0 Å². The number of amides is 1. The van der Waals surface area contributed by atoms with Crippen molar-refractivity contribution in [2.24, 2.45) is 46.3 Å². The molecule has 0 aliphatic heterocycles. The van der Waals surface area contributed by atoms with Crippen LogP contribution in [-0.4, -0.2) is 68.4 Å². The van der Waals surface area contributed by atoms with Crippen molar-refractivity contribution in [3.8, 4) is 0 Å². The molecule has 4 aliphatic rings. The van der Waals surface area contributed by atoms with Gasteiger partial charge >= 0.3 is 5.97 Å². The predicted molar refractivity (Wildman–Crippen MR) is 129 cm³/mol. The average Bonchev–Trinajstić information content (AvgIpc) is 3.17. The van der Waals surface area contributed by atoms with Crippen molar-refractivity contribution in [2.45, 2.75) is 103 Å². The Balaban J connectivity index is 1.45. The smallest absolute Gasteiger partial charge is 0.328 e. The number of aliphatic carboxylic acids is 1. The van der Waals surface area contributed by atoms with Gasteiger partial charge in [0.25, 0.3) is 0 Å². The highest BCUT2D eigenvalue weighted by Crippen LogP contribution is 2.68. The molecule has 0 aromatic carbocycles. The van der Waals surface area contributed by atoms with E-state index in [9.17, 15) is 24.9 Å². The molecule has 0 saturated heterocycles. The van der Waals surface area contributed by atoms with E-state index >= 15 is 0 Å². The summed E-state index contributed by atoms with van der Waals surface area (Å²) in [7, 11) is 0. The molecule has 0 bridgehead atoms. The first-order valence-corrected chi connectivity index (χ1v) is 13.6. The predicted octanol–water partition coefficient (Wildman–Crippen LogP) is 1.93. The number of rotatable bonds is 7. The Morgan fingerprint density at radius 2 is 1.60 bits per heavy atom. The summed E-state index contributed by atoms with van der Waals surface area (Å²) in [5.41, 5.74) is -0.0249. The van der Waals surface area contributed by atoms with E-state index in [1.807, 2.05) is 0 Å². The van der Waals surface area contributed by atoms with E-state index < -0.39 is 36.9 Å². The first-order valence-electron chi connectivity index (χ1n) is 13.6. The number of fused-ring (bicyclic) bond motifs is 5. The van der Waals surface area contributed by atoms with Crippen LogP contribution in [0.4, 0.5) is 0 Å². The van der Waals surface area contributed by atoms with Crippen molar-refractivity contribution >= 4 is 11.9 Å². The van der Waals surface area contributed by atoms with Crippen LogP contribution in [0.3, 0.4) is 0 Å². The van der Waals surface area contributed by atoms with E-state index in [1.165, 1.54) is 0 Å². The molecule has 200 valence electrons. The number of aliphatic hydroxyl groups is 4. The van der Waals surface area contributed by atoms with Gasteiger partial charge in [0.05, 0.1) is 24.9 Å². The third kappa shape index (κ3) is 4.53. The fourth-order valence-electron chi connectivity index (χ4n) is 9.23. The van der Waals surface area contributed by atoms with Crippen molar-refractivity contribution in [1.82, 2.24) is 5.32 Å². The quantitative estimate of drug-likeness (QED) is 0.316. The summed E-state index contributed by atoms with van der Waals surface area (Å²) in [5.74, 6) is -0.262. The maximum absolute atomic E-state index is 12.3. The Kier molecular flexibility index (Phi) is 7.60. The molecule has 1 amide bonds. The van der Waals surface area contributed by atoms with Gasteiger partial charge in [-0.25, -0.2) is 4.79 Å². The van der Waals surface area contributed by atoms with Gasteiger partial charge in [-0.15, -0.1) is 0 Å². The summed E-state index contributed by atoms with van der Waals surface area (Å²) in [6.45, 7) is 6.16. The largest absolute Gasteiger partial charge is 0.480 e. The van der Waals surface area contributed by atoms with Crippen LogP contribution in [0.1, 0.15) is 78.6 Å². The standard InChI is InChI=1S/C27H45NO7/c1-14(4-7-21(31)28-20(13-29)25(34)35)16-5-6-17-22-18(9-11-26(16,17)2)27(3)10-8-15(30)12-19(27)23(32)24(22)33/h14-20,22-24,29-30,32-33H,4-13H2,1-3H3,(H,28,31)(H,34,35)/t14-,15-,16-,17+,18+,19+,20?,22+,23+,24-,26-,27-/m1/s1. The van der Waals surface area contributed by atoms with E-state index in [0.717, 1.165) is 38.5 Å². The van der Waals surface area contributed by atoms with Crippen LogP contribution < -0.4 is 5.32 Å². The summed E-state index contributed by atoms with van der Waals surface area (Å²) >= 11 is 0. The molecule has 4 rings (SSSR count). The second-order valence-corrected chi connectivity index (χ2v) is 12.7. The molecule has 0 spiro atoms. The maximum Gasteiger partial charge on any atom is 0.328 e. The number of carboxylic acid groups (broad SMARTS) is 1. The lowest BCUT2D eigenvalue weighted by Gasteiger charge is -2.63. The van der Waals surface area contributed by atoms with Crippen LogP contribution in [0, 0.1) is 46.3 Å². The minimum Gasteiger partial charge on any atom is -0.480 e. The third-order valence-corrected chi connectivity index (χ3v) is 11.1. The molecular formula is C27H45NO7. The van der Waals surface area contributed by atoms with E-state index in [1.54, 1.807) is 0 Å². The summed E-state index contributed by atoms with van der Waals surface area (Å²) in [6, 6.07) is -1.27. The second kappa shape index (κ2) is 9.92. The normalized spacial score (nSPS) is 46.6. The molecule has 4 saturated carbocycles. The Morgan fingerprint density at radius 1 is 0.943 bits per heavy atom. The zero-order valence-corrected chi connectivity index (χ0v) is 21.4. The molecule has 4 aliphatic carbocycles. The van der Waals surface area contributed by atoms with Crippen molar-refractivity contribution in [3.05, 3.63) is 0 Å². The summed E-state index contributed by atoms with van der Waals surface area (Å²) in [6.07, 6.45) is 5.27. The zero-order valence-electron chi connectivity index (χ0n) is 21.4. The van der Waals surface area contributed by atoms with Crippen LogP contribution in [-0.2, 0) is 9.59 Å². The highest BCUT2D eigenvalue weighted by atomic mass is 16.4. The highest BCUT2D eigenvalue weighted by Gasteiger charge is 2.65. The molecule has 0 aromatic heterocycles. The minimum atomic E-state index is -1.27. The van der Waals surface area contributed by atoms with Crippen LogP contribution >= 0.6 is 0 Å². The minimum absolute atomic E-state index is 0.0316. The Hall–Kier alpha value is -1.22. The maximum atomic E-state index is 12.3. The topological polar surface area (TPSA) is 147 Å². The molecule has 0 heterocycles. The Labute approximate surface area is 208 Å².